The highest BCUT2D eigenvalue weighted by atomic mass is 16.7. The first-order chi connectivity index (χ1) is 11.9. The molecule has 0 saturated heterocycles. The van der Waals surface area contributed by atoms with Gasteiger partial charge in [-0.25, -0.2) is 4.79 Å². The Hall–Kier alpha value is -2.96. The van der Waals surface area contributed by atoms with E-state index in [4.69, 9.17) is 9.57 Å². The Morgan fingerprint density at radius 2 is 1.80 bits per heavy atom. The molecule has 1 atom stereocenters. The summed E-state index contributed by atoms with van der Waals surface area (Å²) in [6, 6.07) is 6.16. The van der Waals surface area contributed by atoms with Gasteiger partial charge in [-0.05, 0) is 38.3 Å². The quantitative estimate of drug-likeness (QED) is 0.472. The molecular formula is C18H17NO6. The van der Waals surface area contributed by atoms with Crippen molar-refractivity contribution in [2.24, 2.45) is 5.41 Å². The fourth-order valence-electron chi connectivity index (χ4n) is 2.85. The Morgan fingerprint density at radius 3 is 2.36 bits per heavy atom. The number of benzene rings is 1. The van der Waals surface area contributed by atoms with Crippen LogP contribution in [0.3, 0.4) is 0 Å². The molecular weight excluding hydrogens is 326 g/mol. The summed E-state index contributed by atoms with van der Waals surface area (Å²) in [6.07, 6.45) is 6.08. The van der Waals surface area contributed by atoms with Crippen LogP contribution in [0.4, 0.5) is 0 Å². The minimum atomic E-state index is -0.994. The van der Waals surface area contributed by atoms with Gasteiger partial charge in [0.1, 0.15) is 0 Å². The van der Waals surface area contributed by atoms with Gasteiger partial charge < -0.3 is 9.57 Å². The Kier molecular flexibility index (Phi) is 4.39. The molecule has 0 aromatic heterocycles. The molecule has 1 aliphatic heterocycles. The second kappa shape index (κ2) is 6.51. The van der Waals surface area contributed by atoms with Crippen molar-refractivity contribution >= 4 is 23.8 Å². The van der Waals surface area contributed by atoms with Crippen molar-refractivity contribution in [3.05, 3.63) is 47.5 Å². The minimum absolute atomic E-state index is 0.164. The fraction of sp³-hybridized carbons (Fsp3) is 0.333. The summed E-state index contributed by atoms with van der Waals surface area (Å²) in [6.45, 7) is 1.07. The zero-order valence-corrected chi connectivity index (χ0v) is 13.7. The van der Waals surface area contributed by atoms with E-state index in [9.17, 15) is 19.2 Å². The van der Waals surface area contributed by atoms with Gasteiger partial charge in [-0.2, -0.15) is 0 Å². The average Bonchev–Trinajstić information content (AvgIpc) is 2.85. The third kappa shape index (κ3) is 3.17. The normalized spacial score (nSPS) is 21.9. The van der Waals surface area contributed by atoms with Crippen molar-refractivity contribution in [2.75, 3.05) is 6.61 Å². The number of amides is 2. The predicted molar refractivity (Wildman–Crippen MR) is 85.1 cm³/mol. The van der Waals surface area contributed by atoms with Crippen LogP contribution >= 0.6 is 0 Å². The molecule has 7 nitrogen and oxygen atoms in total. The standard InChI is InChI=1S/C18H17NO6/c1-18(9-5-2-6-10-18)17(23)24-11-14(20)25-19-15(21)12-7-3-4-8-13(12)16(19)22/h3-5,7-9H,2,6,10-11H2,1H3/t18-/m0/s1. The van der Waals surface area contributed by atoms with Crippen LogP contribution in [0.25, 0.3) is 0 Å². The molecule has 0 saturated carbocycles. The van der Waals surface area contributed by atoms with Gasteiger partial charge in [0.05, 0.1) is 16.5 Å². The van der Waals surface area contributed by atoms with Crippen LogP contribution in [0, 0.1) is 5.41 Å². The Morgan fingerprint density at radius 1 is 1.16 bits per heavy atom. The summed E-state index contributed by atoms with van der Waals surface area (Å²) in [7, 11) is 0. The number of fused-ring (bicyclic) bond motifs is 1. The monoisotopic (exact) mass is 343 g/mol. The molecule has 0 radical (unpaired) electrons. The number of rotatable bonds is 4. The van der Waals surface area contributed by atoms with Crippen LogP contribution in [0.5, 0.6) is 0 Å². The van der Waals surface area contributed by atoms with Crippen molar-refractivity contribution in [2.45, 2.75) is 26.2 Å². The highest BCUT2D eigenvalue weighted by Crippen LogP contribution is 2.31. The minimum Gasteiger partial charge on any atom is -0.453 e. The molecule has 3 rings (SSSR count). The summed E-state index contributed by atoms with van der Waals surface area (Å²) in [4.78, 5) is 53.0. The van der Waals surface area contributed by atoms with Gasteiger partial charge in [0.2, 0.25) is 0 Å². The maximum atomic E-state index is 12.1. The SMILES string of the molecule is C[C@]1(C(=O)OCC(=O)ON2C(=O)c3ccccc3C2=O)C=CCCC1. The second-order valence-electron chi connectivity index (χ2n) is 6.20. The lowest BCUT2D eigenvalue weighted by Gasteiger charge is -2.26. The largest absolute Gasteiger partial charge is 0.453 e. The fourth-order valence-corrected chi connectivity index (χ4v) is 2.85. The molecule has 1 heterocycles. The number of hydrogen-bond donors (Lipinski definition) is 0. The van der Waals surface area contributed by atoms with E-state index < -0.39 is 35.8 Å². The van der Waals surface area contributed by atoms with Crippen LogP contribution in [0.15, 0.2) is 36.4 Å². The number of hydrogen-bond acceptors (Lipinski definition) is 6. The van der Waals surface area contributed by atoms with Gasteiger partial charge in [0.25, 0.3) is 11.8 Å². The van der Waals surface area contributed by atoms with Crippen LogP contribution in [-0.4, -0.2) is 35.4 Å². The number of esters is 1. The lowest BCUT2D eigenvalue weighted by molar-refractivity contribution is -0.179. The zero-order chi connectivity index (χ0) is 18.0. The first-order valence-electron chi connectivity index (χ1n) is 7.96. The topological polar surface area (TPSA) is 90.0 Å². The zero-order valence-electron chi connectivity index (χ0n) is 13.7. The summed E-state index contributed by atoms with van der Waals surface area (Å²) in [5.41, 5.74) is -0.442. The molecule has 0 fully saturated rings. The summed E-state index contributed by atoms with van der Waals surface area (Å²) in [5, 5.41) is 0.392. The van der Waals surface area contributed by atoms with E-state index in [1.807, 2.05) is 6.08 Å². The first kappa shape index (κ1) is 16.9. The molecule has 1 aromatic rings. The van der Waals surface area contributed by atoms with Crippen molar-refractivity contribution in [1.82, 2.24) is 5.06 Å². The van der Waals surface area contributed by atoms with E-state index in [0.717, 1.165) is 12.8 Å². The number of carbonyl (C=O) groups is 4. The lowest BCUT2D eigenvalue weighted by Crippen LogP contribution is -2.36. The number of imide groups is 1. The third-order valence-corrected chi connectivity index (χ3v) is 4.29. The van der Waals surface area contributed by atoms with Gasteiger partial charge in [0.15, 0.2) is 6.61 Å². The van der Waals surface area contributed by atoms with E-state index in [1.54, 1.807) is 25.1 Å². The molecule has 130 valence electrons. The number of ether oxygens (including phenoxy) is 1. The van der Waals surface area contributed by atoms with E-state index in [-0.39, 0.29) is 11.1 Å². The Bertz CT molecular complexity index is 749. The smallest absolute Gasteiger partial charge is 0.370 e. The van der Waals surface area contributed by atoms with Gasteiger partial charge >= 0.3 is 11.9 Å². The summed E-state index contributed by atoms with van der Waals surface area (Å²) < 4.78 is 4.99. The van der Waals surface area contributed by atoms with E-state index >= 15 is 0 Å². The highest BCUT2D eigenvalue weighted by Gasteiger charge is 2.39. The Labute approximate surface area is 144 Å². The van der Waals surface area contributed by atoms with Crippen molar-refractivity contribution in [3.8, 4) is 0 Å². The molecule has 0 spiro atoms. The second-order valence-corrected chi connectivity index (χ2v) is 6.20. The maximum Gasteiger partial charge on any atom is 0.370 e. The molecule has 0 bridgehead atoms. The molecule has 0 unspecified atom stereocenters. The molecule has 0 N–H and O–H groups in total. The van der Waals surface area contributed by atoms with Gasteiger partial charge in [-0.15, -0.1) is 0 Å². The van der Waals surface area contributed by atoms with Gasteiger partial charge in [0, 0.05) is 0 Å². The van der Waals surface area contributed by atoms with Crippen LogP contribution in [0.1, 0.15) is 46.9 Å². The van der Waals surface area contributed by atoms with Crippen molar-refractivity contribution in [3.63, 3.8) is 0 Å². The maximum absolute atomic E-state index is 12.1. The summed E-state index contributed by atoms with van der Waals surface area (Å²) in [5.74, 6) is -2.97. The molecule has 7 heteroatoms. The predicted octanol–water partition coefficient (Wildman–Crippen LogP) is 2.03. The number of nitrogens with zero attached hydrogens (tertiary/aromatic N) is 1. The molecule has 25 heavy (non-hydrogen) atoms. The number of carbonyl (C=O) groups excluding carboxylic acids is 4. The Balaban J connectivity index is 1.58. The van der Waals surface area contributed by atoms with Gasteiger partial charge in [-0.3, -0.25) is 14.4 Å². The first-order valence-corrected chi connectivity index (χ1v) is 7.96. The summed E-state index contributed by atoms with van der Waals surface area (Å²) >= 11 is 0. The van der Waals surface area contributed by atoms with Gasteiger partial charge in [-0.1, -0.05) is 29.3 Å². The third-order valence-electron chi connectivity index (χ3n) is 4.29. The molecule has 2 aliphatic rings. The molecule has 1 aliphatic carbocycles. The van der Waals surface area contributed by atoms with E-state index in [2.05, 4.69) is 0 Å². The highest BCUT2D eigenvalue weighted by molar-refractivity contribution is 6.20. The number of allylic oxidation sites excluding steroid dienone is 1. The van der Waals surface area contributed by atoms with Crippen LogP contribution in [0.2, 0.25) is 0 Å². The number of hydroxylamine groups is 2. The van der Waals surface area contributed by atoms with E-state index in [1.165, 1.54) is 12.1 Å². The molecule has 1 aromatic carbocycles. The average molecular weight is 343 g/mol. The molecule has 2 amide bonds. The van der Waals surface area contributed by atoms with Crippen LogP contribution in [-0.2, 0) is 19.2 Å². The van der Waals surface area contributed by atoms with Crippen molar-refractivity contribution in [1.29, 1.82) is 0 Å². The van der Waals surface area contributed by atoms with Crippen LogP contribution < -0.4 is 0 Å². The van der Waals surface area contributed by atoms with E-state index in [0.29, 0.717) is 11.5 Å². The van der Waals surface area contributed by atoms with Crippen molar-refractivity contribution < 1.29 is 28.8 Å². The lowest BCUT2D eigenvalue weighted by atomic mass is 9.81.